The lowest BCUT2D eigenvalue weighted by molar-refractivity contribution is -0.384. The van der Waals surface area contributed by atoms with E-state index in [1.165, 1.54) is 24.4 Å². The molecule has 0 aliphatic rings. The number of hydrogen-bond donors (Lipinski definition) is 2. The smallest absolute Gasteiger partial charge is 0.329 e. The molecular formula is C22H18N4O5. The third kappa shape index (κ3) is 6.50. The number of non-ortho nitro benzene ring substituents is 1. The molecule has 0 aliphatic heterocycles. The molecule has 0 aromatic heterocycles. The monoisotopic (exact) mass is 418 g/mol. The van der Waals surface area contributed by atoms with Crippen LogP contribution in [0.1, 0.15) is 11.1 Å². The van der Waals surface area contributed by atoms with Gasteiger partial charge in [-0.25, -0.2) is 5.43 Å². The number of nitro groups is 1. The highest BCUT2D eigenvalue weighted by atomic mass is 16.6. The van der Waals surface area contributed by atoms with E-state index in [4.69, 9.17) is 4.74 Å². The summed E-state index contributed by atoms with van der Waals surface area (Å²) in [6.45, 7) is 0.414. The number of hydrogen-bond acceptors (Lipinski definition) is 6. The van der Waals surface area contributed by atoms with Crippen molar-refractivity contribution in [3.05, 3.63) is 100 Å². The Morgan fingerprint density at radius 3 is 2.42 bits per heavy atom. The number of hydrazone groups is 1. The summed E-state index contributed by atoms with van der Waals surface area (Å²) in [6, 6.07) is 21.9. The molecule has 2 N–H and O–H groups in total. The van der Waals surface area contributed by atoms with Crippen molar-refractivity contribution in [3.63, 3.8) is 0 Å². The van der Waals surface area contributed by atoms with Gasteiger partial charge >= 0.3 is 11.8 Å². The van der Waals surface area contributed by atoms with E-state index in [0.717, 1.165) is 5.56 Å². The summed E-state index contributed by atoms with van der Waals surface area (Å²) in [5, 5.41) is 16.8. The van der Waals surface area contributed by atoms with Crippen LogP contribution in [0.25, 0.3) is 0 Å². The lowest BCUT2D eigenvalue weighted by Gasteiger charge is -2.08. The minimum absolute atomic E-state index is 0.107. The van der Waals surface area contributed by atoms with E-state index in [0.29, 0.717) is 23.6 Å². The SMILES string of the molecule is O=C(N/N=C\c1cccc([N+](=O)[O-])c1)C(=O)Nc1ccc(OCc2ccccc2)cc1. The summed E-state index contributed by atoms with van der Waals surface area (Å²) >= 11 is 0. The van der Waals surface area contributed by atoms with Gasteiger partial charge in [0.2, 0.25) is 0 Å². The Kier molecular flexibility index (Phi) is 7.04. The van der Waals surface area contributed by atoms with Crippen molar-refractivity contribution in [3.8, 4) is 5.75 Å². The van der Waals surface area contributed by atoms with E-state index in [2.05, 4.69) is 15.8 Å². The molecule has 0 heterocycles. The fourth-order valence-corrected chi connectivity index (χ4v) is 2.50. The molecule has 3 aromatic rings. The van der Waals surface area contributed by atoms with Crippen LogP contribution < -0.4 is 15.5 Å². The Hall–Kier alpha value is -4.53. The number of ether oxygens (including phenoxy) is 1. The molecule has 3 aromatic carbocycles. The first-order valence-electron chi connectivity index (χ1n) is 9.17. The molecule has 0 aliphatic carbocycles. The van der Waals surface area contributed by atoms with Crippen molar-refractivity contribution in [1.29, 1.82) is 0 Å². The molecular weight excluding hydrogens is 400 g/mol. The molecule has 2 amide bonds. The number of amides is 2. The minimum atomic E-state index is -0.980. The van der Waals surface area contributed by atoms with Gasteiger partial charge in [-0.2, -0.15) is 5.10 Å². The van der Waals surface area contributed by atoms with Gasteiger partial charge in [-0.05, 0) is 29.8 Å². The molecule has 31 heavy (non-hydrogen) atoms. The van der Waals surface area contributed by atoms with E-state index < -0.39 is 16.7 Å². The number of rotatable bonds is 7. The first kappa shape index (κ1) is 21.2. The van der Waals surface area contributed by atoms with Crippen molar-refractivity contribution >= 4 is 29.4 Å². The fourth-order valence-electron chi connectivity index (χ4n) is 2.50. The van der Waals surface area contributed by atoms with Crippen molar-refractivity contribution in [2.24, 2.45) is 5.10 Å². The van der Waals surface area contributed by atoms with Gasteiger partial charge in [0, 0.05) is 23.4 Å². The van der Waals surface area contributed by atoms with E-state index in [1.54, 1.807) is 30.3 Å². The van der Waals surface area contributed by atoms with Crippen LogP contribution in [-0.2, 0) is 16.2 Å². The van der Waals surface area contributed by atoms with Crippen LogP contribution in [0.15, 0.2) is 84.0 Å². The molecule has 0 bridgehead atoms. The molecule has 0 unspecified atom stereocenters. The Balaban J connectivity index is 1.48. The Labute approximate surface area is 177 Å². The van der Waals surface area contributed by atoms with Gasteiger partial charge in [-0.15, -0.1) is 0 Å². The van der Waals surface area contributed by atoms with Crippen molar-refractivity contribution in [1.82, 2.24) is 5.43 Å². The topological polar surface area (TPSA) is 123 Å². The molecule has 0 radical (unpaired) electrons. The van der Waals surface area contributed by atoms with Crippen LogP contribution in [0.4, 0.5) is 11.4 Å². The quantitative estimate of drug-likeness (QED) is 0.264. The van der Waals surface area contributed by atoms with E-state index >= 15 is 0 Å². The molecule has 156 valence electrons. The number of nitrogens with zero attached hydrogens (tertiary/aromatic N) is 2. The van der Waals surface area contributed by atoms with Gasteiger partial charge < -0.3 is 10.1 Å². The van der Waals surface area contributed by atoms with Gasteiger partial charge in [0.15, 0.2) is 0 Å². The largest absolute Gasteiger partial charge is 0.489 e. The molecule has 9 nitrogen and oxygen atoms in total. The zero-order valence-electron chi connectivity index (χ0n) is 16.2. The van der Waals surface area contributed by atoms with E-state index in [-0.39, 0.29) is 5.69 Å². The first-order chi connectivity index (χ1) is 15.0. The van der Waals surface area contributed by atoms with Crippen LogP contribution >= 0.6 is 0 Å². The number of carbonyl (C=O) groups excluding carboxylic acids is 2. The Morgan fingerprint density at radius 2 is 1.71 bits per heavy atom. The second kappa shape index (κ2) is 10.3. The molecule has 0 spiro atoms. The maximum Gasteiger partial charge on any atom is 0.329 e. The summed E-state index contributed by atoms with van der Waals surface area (Å²) in [6.07, 6.45) is 1.21. The lowest BCUT2D eigenvalue weighted by Crippen LogP contribution is -2.32. The number of carbonyl (C=O) groups is 2. The third-order valence-corrected chi connectivity index (χ3v) is 4.03. The van der Waals surface area contributed by atoms with E-state index in [1.807, 2.05) is 30.3 Å². The second-order valence-corrected chi connectivity index (χ2v) is 6.30. The van der Waals surface area contributed by atoms with Gasteiger partial charge in [0.25, 0.3) is 5.69 Å². The van der Waals surface area contributed by atoms with E-state index in [9.17, 15) is 19.7 Å². The number of benzene rings is 3. The third-order valence-electron chi connectivity index (χ3n) is 4.03. The highest BCUT2D eigenvalue weighted by Crippen LogP contribution is 2.17. The predicted molar refractivity (Wildman–Crippen MR) is 115 cm³/mol. The molecule has 0 atom stereocenters. The molecule has 9 heteroatoms. The number of anilines is 1. The summed E-state index contributed by atoms with van der Waals surface area (Å²) in [7, 11) is 0. The Bertz CT molecular complexity index is 1100. The van der Waals surface area contributed by atoms with Gasteiger partial charge in [0.05, 0.1) is 11.1 Å². The van der Waals surface area contributed by atoms with Crippen LogP contribution in [0.3, 0.4) is 0 Å². The normalized spacial score (nSPS) is 10.5. The second-order valence-electron chi connectivity index (χ2n) is 6.30. The average Bonchev–Trinajstić information content (AvgIpc) is 2.79. The van der Waals surface area contributed by atoms with Crippen molar-refractivity contribution < 1.29 is 19.2 Å². The van der Waals surface area contributed by atoms with Gasteiger partial charge in [-0.1, -0.05) is 42.5 Å². The summed E-state index contributed by atoms with van der Waals surface area (Å²) in [5.74, 6) is -1.27. The minimum Gasteiger partial charge on any atom is -0.489 e. The maximum atomic E-state index is 12.0. The van der Waals surface area contributed by atoms with Crippen LogP contribution in [0.2, 0.25) is 0 Å². The molecule has 0 fully saturated rings. The number of nitro benzene ring substituents is 1. The first-order valence-corrected chi connectivity index (χ1v) is 9.17. The molecule has 3 rings (SSSR count). The average molecular weight is 418 g/mol. The zero-order chi connectivity index (χ0) is 22.1. The highest BCUT2D eigenvalue weighted by Gasteiger charge is 2.13. The summed E-state index contributed by atoms with van der Waals surface area (Å²) in [5.41, 5.74) is 3.81. The zero-order valence-corrected chi connectivity index (χ0v) is 16.2. The summed E-state index contributed by atoms with van der Waals surface area (Å²) < 4.78 is 5.66. The number of nitrogens with one attached hydrogen (secondary N) is 2. The summed E-state index contributed by atoms with van der Waals surface area (Å²) in [4.78, 5) is 34.1. The van der Waals surface area contributed by atoms with Gasteiger partial charge in [0.1, 0.15) is 12.4 Å². The molecule has 0 saturated heterocycles. The predicted octanol–water partition coefficient (Wildman–Crippen LogP) is 3.26. The standard InChI is InChI=1S/C22H18N4O5/c27-21(22(28)25-23-14-17-7-4-8-19(13-17)26(29)30)24-18-9-11-20(12-10-18)31-15-16-5-2-1-3-6-16/h1-14H,15H2,(H,24,27)(H,25,28)/b23-14-. The Morgan fingerprint density at radius 1 is 0.968 bits per heavy atom. The van der Waals surface area contributed by atoms with Crippen LogP contribution in [-0.4, -0.2) is 23.0 Å². The lowest BCUT2D eigenvalue weighted by atomic mass is 10.2. The van der Waals surface area contributed by atoms with Crippen molar-refractivity contribution in [2.45, 2.75) is 6.61 Å². The fraction of sp³-hybridized carbons (Fsp3) is 0.0455. The highest BCUT2D eigenvalue weighted by molar-refractivity contribution is 6.39. The maximum absolute atomic E-state index is 12.0. The van der Waals surface area contributed by atoms with Gasteiger partial charge in [-0.3, -0.25) is 19.7 Å². The molecule has 0 saturated carbocycles. The van der Waals surface area contributed by atoms with Crippen LogP contribution in [0.5, 0.6) is 5.75 Å². The van der Waals surface area contributed by atoms with Crippen molar-refractivity contribution in [2.75, 3.05) is 5.32 Å². The van der Waals surface area contributed by atoms with Crippen LogP contribution in [0, 0.1) is 10.1 Å².